The molecule has 1 aromatic heterocycles. The predicted molar refractivity (Wildman–Crippen MR) is 123 cm³/mol. The van der Waals surface area contributed by atoms with Gasteiger partial charge in [0.25, 0.3) is 11.6 Å². The van der Waals surface area contributed by atoms with Crippen LogP contribution in [0.5, 0.6) is 0 Å². The van der Waals surface area contributed by atoms with Crippen molar-refractivity contribution in [3.63, 3.8) is 0 Å². The molecule has 34 heavy (non-hydrogen) atoms. The van der Waals surface area contributed by atoms with Crippen molar-refractivity contribution in [3.05, 3.63) is 52.5 Å². The van der Waals surface area contributed by atoms with E-state index in [4.69, 9.17) is 4.42 Å². The number of nitro benzene ring substituents is 1. The van der Waals surface area contributed by atoms with Crippen LogP contribution in [-0.4, -0.2) is 80.2 Å². The smallest absolute Gasteiger partial charge is 0.293 e. The Hall–Kier alpha value is -3.45. The lowest BCUT2D eigenvalue weighted by Crippen LogP contribution is -2.51. The highest BCUT2D eigenvalue weighted by Crippen LogP contribution is 2.32. The van der Waals surface area contributed by atoms with Crippen molar-refractivity contribution in [2.75, 3.05) is 50.7 Å². The summed E-state index contributed by atoms with van der Waals surface area (Å²) in [5.74, 6) is -0.668. The monoisotopic (exact) mass is 493 g/mol. The first-order valence-electron chi connectivity index (χ1n) is 10.8. The summed E-state index contributed by atoms with van der Waals surface area (Å²) in [6.45, 7) is 4.95. The average Bonchev–Trinajstić information content (AvgIpc) is 3.38. The van der Waals surface area contributed by atoms with Crippen LogP contribution in [0.1, 0.15) is 24.4 Å². The molecular weight excluding hydrogens is 466 g/mol. The van der Waals surface area contributed by atoms with Crippen LogP contribution in [0, 0.1) is 10.1 Å². The maximum absolute atomic E-state index is 12.8. The molecule has 3 rings (SSSR count). The van der Waals surface area contributed by atoms with Crippen molar-refractivity contribution in [3.8, 4) is 0 Å². The zero-order valence-corrected chi connectivity index (χ0v) is 19.8. The summed E-state index contributed by atoms with van der Waals surface area (Å²) in [5.41, 5.74) is -0.0135. The van der Waals surface area contributed by atoms with E-state index in [-0.39, 0.29) is 41.9 Å². The minimum atomic E-state index is -3.84. The Balaban J connectivity index is 1.66. The van der Waals surface area contributed by atoms with E-state index in [1.54, 1.807) is 29.7 Å². The molecule has 184 valence electrons. The first-order valence-corrected chi connectivity index (χ1v) is 12.3. The molecule has 2 heterocycles. The van der Waals surface area contributed by atoms with Gasteiger partial charge in [-0.2, -0.15) is 4.31 Å². The van der Waals surface area contributed by atoms with Gasteiger partial charge in [0.1, 0.15) is 5.69 Å². The fourth-order valence-corrected chi connectivity index (χ4v) is 5.23. The zero-order valence-electron chi connectivity index (χ0n) is 19.0. The quantitative estimate of drug-likeness (QED) is 0.406. The van der Waals surface area contributed by atoms with Crippen LogP contribution in [0.2, 0.25) is 0 Å². The number of rotatable bonds is 9. The van der Waals surface area contributed by atoms with E-state index in [1.807, 2.05) is 0 Å². The van der Waals surface area contributed by atoms with Gasteiger partial charge in [-0.1, -0.05) is 13.8 Å². The molecule has 13 heteroatoms. The predicted octanol–water partition coefficient (Wildman–Crippen LogP) is 1.30. The Morgan fingerprint density at radius 3 is 2.38 bits per heavy atom. The lowest BCUT2D eigenvalue weighted by Gasteiger charge is -2.36. The minimum Gasteiger partial charge on any atom is -0.459 e. The highest BCUT2D eigenvalue weighted by Gasteiger charge is 2.29. The molecule has 2 amide bonds. The van der Waals surface area contributed by atoms with Gasteiger partial charge in [-0.25, -0.2) is 8.42 Å². The fraction of sp³-hybridized carbons (Fsp3) is 0.429. The molecule has 12 nitrogen and oxygen atoms in total. The Bertz CT molecular complexity index is 1140. The van der Waals surface area contributed by atoms with E-state index < -0.39 is 20.9 Å². The van der Waals surface area contributed by atoms with Crippen LogP contribution in [0.4, 0.5) is 11.4 Å². The second-order valence-electron chi connectivity index (χ2n) is 7.52. The van der Waals surface area contributed by atoms with Crippen molar-refractivity contribution in [2.45, 2.75) is 18.7 Å². The molecule has 0 saturated carbocycles. The van der Waals surface area contributed by atoms with Crippen LogP contribution in [0.15, 0.2) is 45.9 Å². The minimum absolute atomic E-state index is 0.108. The van der Waals surface area contributed by atoms with E-state index in [1.165, 1.54) is 28.8 Å². The van der Waals surface area contributed by atoms with Gasteiger partial charge in [0.2, 0.25) is 15.9 Å². The number of carbonyl (C=O) groups excluding carboxylic acids is 2. The second kappa shape index (κ2) is 10.7. The van der Waals surface area contributed by atoms with E-state index >= 15 is 0 Å². The number of nitrogens with one attached hydrogen (secondary N) is 1. The van der Waals surface area contributed by atoms with E-state index in [2.05, 4.69) is 5.32 Å². The molecule has 0 aliphatic carbocycles. The van der Waals surface area contributed by atoms with E-state index in [0.29, 0.717) is 31.9 Å². The molecule has 0 unspecified atom stereocenters. The summed E-state index contributed by atoms with van der Waals surface area (Å²) in [4.78, 5) is 38.7. The number of nitro groups is 1. The number of hydrogen-bond acceptors (Lipinski definition) is 8. The summed E-state index contributed by atoms with van der Waals surface area (Å²) < 4.78 is 31.8. The number of amides is 2. The normalized spacial score (nSPS) is 14.3. The van der Waals surface area contributed by atoms with Gasteiger partial charge in [-0.15, -0.1) is 0 Å². The molecule has 1 aliphatic rings. The highest BCUT2D eigenvalue weighted by atomic mass is 32.2. The van der Waals surface area contributed by atoms with Crippen molar-refractivity contribution in [2.24, 2.45) is 0 Å². The summed E-state index contributed by atoms with van der Waals surface area (Å²) in [6, 6.07) is 6.96. The number of sulfonamides is 1. The van der Waals surface area contributed by atoms with Crippen molar-refractivity contribution >= 4 is 33.2 Å². The van der Waals surface area contributed by atoms with Gasteiger partial charge in [-0.3, -0.25) is 19.7 Å². The van der Waals surface area contributed by atoms with Gasteiger partial charge >= 0.3 is 0 Å². The number of carbonyl (C=O) groups is 2. The number of nitrogens with zero attached hydrogens (tertiary/aromatic N) is 4. The molecule has 1 aliphatic heterocycles. The van der Waals surface area contributed by atoms with Gasteiger partial charge < -0.3 is 19.5 Å². The number of piperazine rings is 1. The fourth-order valence-electron chi connectivity index (χ4n) is 3.75. The van der Waals surface area contributed by atoms with Crippen molar-refractivity contribution < 1.29 is 27.3 Å². The number of furan rings is 1. The van der Waals surface area contributed by atoms with Crippen LogP contribution in [0.3, 0.4) is 0 Å². The van der Waals surface area contributed by atoms with Gasteiger partial charge in [0.05, 0.1) is 22.6 Å². The van der Waals surface area contributed by atoms with E-state index in [0.717, 1.165) is 6.07 Å². The Kier molecular flexibility index (Phi) is 7.89. The third kappa shape index (κ3) is 5.37. The van der Waals surface area contributed by atoms with Crippen LogP contribution < -0.4 is 10.2 Å². The Labute approximate surface area is 197 Å². The number of anilines is 1. The molecule has 2 aromatic rings. The topological polar surface area (TPSA) is 146 Å². The van der Waals surface area contributed by atoms with E-state index in [9.17, 15) is 28.1 Å². The Morgan fingerprint density at radius 1 is 1.15 bits per heavy atom. The highest BCUT2D eigenvalue weighted by molar-refractivity contribution is 7.89. The van der Waals surface area contributed by atoms with Crippen molar-refractivity contribution in [1.29, 1.82) is 0 Å². The standard InChI is InChI=1S/C21H27N5O7S/c1-3-25(4-2)34(31,32)16-7-8-17(18(14-16)26(29)30)23-9-11-24(12-10-23)20(27)15-22-21(28)19-6-5-13-33-19/h5-8,13-14H,3-4,9-12,15H2,1-2H3,(H,22,28). The number of benzene rings is 1. The van der Waals surface area contributed by atoms with Crippen LogP contribution in [0.25, 0.3) is 0 Å². The molecule has 0 spiro atoms. The molecule has 1 saturated heterocycles. The largest absolute Gasteiger partial charge is 0.459 e. The molecular formula is C21H27N5O7S. The van der Waals surface area contributed by atoms with Gasteiger partial charge in [-0.05, 0) is 24.3 Å². The van der Waals surface area contributed by atoms with Gasteiger partial charge in [0, 0.05) is 45.3 Å². The first-order chi connectivity index (χ1) is 16.2. The maximum atomic E-state index is 12.8. The lowest BCUT2D eigenvalue weighted by molar-refractivity contribution is -0.384. The summed E-state index contributed by atoms with van der Waals surface area (Å²) >= 11 is 0. The second-order valence-corrected chi connectivity index (χ2v) is 9.46. The molecule has 1 fully saturated rings. The Morgan fingerprint density at radius 2 is 1.82 bits per heavy atom. The molecule has 1 aromatic carbocycles. The molecule has 0 atom stereocenters. The van der Waals surface area contributed by atoms with Gasteiger partial charge in [0.15, 0.2) is 5.76 Å². The van der Waals surface area contributed by atoms with Crippen LogP contribution in [-0.2, 0) is 14.8 Å². The molecule has 0 bridgehead atoms. The lowest BCUT2D eigenvalue weighted by atomic mass is 10.2. The summed E-state index contributed by atoms with van der Waals surface area (Å²) in [6.07, 6.45) is 1.36. The first kappa shape index (κ1) is 25.2. The molecule has 1 N–H and O–H groups in total. The van der Waals surface area contributed by atoms with Crippen molar-refractivity contribution in [1.82, 2.24) is 14.5 Å². The van der Waals surface area contributed by atoms with Crippen LogP contribution >= 0.6 is 0 Å². The maximum Gasteiger partial charge on any atom is 0.293 e. The summed E-state index contributed by atoms with van der Waals surface area (Å²) in [7, 11) is -3.84. The average molecular weight is 494 g/mol. The SMILES string of the molecule is CCN(CC)S(=O)(=O)c1ccc(N2CCN(C(=O)CNC(=O)c3ccco3)CC2)c([N+](=O)[O-])c1. The number of hydrogen-bond donors (Lipinski definition) is 1. The summed E-state index contributed by atoms with van der Waals surface area (Å²) in [5, 5.41) is 14.2. The molecule has 0 radical (unpaired) electrons. The zero-order chi connectivity index (χ0) is 24.9. The third-order valence-corrected chi connectivity index (χ3v) is 7.65. The third-order valence-electron chi connectivity index (χ3n) is 5.60.